The van der Waals surface area contributed by atoms with E-state index in [0.29, 0.717) is 33.8 Å². The Morgan fingerprint density at radius 2 is 1.77 bits per heavy atom. The Morgan fingerprint density at radius 3 is 2.58 bits per heavy atom. The highest BCUT2D eigenvalue weighted by molar-refractivity contribution is 6.30. The lowest BCUT2D eigenvalue weighted by molar-refractivity contribution is 0.262. The molecule has 0 fully saturated rings. The van der Waals surface area contributed by atoms with Crippen molar-refractivity contribution >= 4 is 39.9 Å². The van der Waals surface area contributed by atoms with Crippen LogP contribution in [-0.2, 0) is 13.0 Å². The summed E-state index contributed by atoms with van der Waals surface area (Å²) in [5.41, 5.74) is 1.78. The van der Waals surface area contributed by atoms with E-state index >= 15 is 0 Å². The number of aryl methyl sites for hydroxylation is 1. The van der Waals surface area contributed by atoms with Gasteiger partial charge in [-0.2, -0.15) is 0 Å². The summed E-state index contributed by atoms with van der Waals surface area (Å²) in [4.78, 5) is 29.5. The van der Waals surface area contributed by atoms with Crippen LogP contribution in [0.5, 0.6) is 0 Å². The number of urea groups is 1. The van der Waals surface area contributed by atoms with E-state index in [1.807, 2.05) is 0 Å². The maximum absolute atomic E-state index is 12.7. The van der Waals surface area contributed by atoms with E-state index in [-0.39, 0.29) is 5.56 Å². The highest BCUT2D eigenvalue weighted by Gasteiger charge is 2.15. The largest absolute Gasteiger partial charge is 0.323 e. The Morgan fingerprint density at radius 1 is 1.04 bits per heavy atom. The van der Waals surface area contributed by atoms with Gasteiger partial charge in [-0.05, 0) is 55.3 Å². The summed E-state index contributed by atoms with van der Waals surface area (Å²) >= 11 is 5.83. The zero-order valence-corrected chi connectivity index (χ0v) is 14.7. The summed E-state index contributed by atoms with van der Waals surface area (Å²) in [6, 6.07) is 11.6. The van der Waals surface area contributed by atoms with Crippen LogP contribution in [-0.4, -0.2) is 15.6 Å². The van der Waals surface area contributed by atoms with Gasteiger partial charge in [0.05, 0.1) is 10.9 Å². The molecular weight excluding hydrogens is 352 g/mol. The third-order valence-corrected chi connectivity index (χ3v) is 4.68. The van der Waals surface area contributed by atoms with Gasteiger partial charge in [-0.15, -0.1) is 0 Å². The SMILES string of the molecule is O=C(Nc1ccc(Cl)cc1)Nc1ccc2nc3n(c(=O)c2c1)CCCC3. The monoisotopic (exact) mass is 368 g/mol. The summed E-state index contributed by atoms with van der Waals surface area (Å²) in [7, 11) is 0. The molecule has 0 bridgehead atoms. The molecule has 6 nitrogen and oxygen atoms in total. The molecular formula is C19H17ClN4O2. The minimum atomic E-state index is -0.391. The fraction of sp³-hybridized carbons (Fsp3) is 0.211. The Labute approximate surface area is 154 Å². The first kappa shape index (κ1) is 16.6. The quantitative estimate of drug-likeness (QED) is 0.717. The van der Waals surface area contributed by atoms with E-state index in [4.69, 9.17) is 11.6 Å². The number of amides is 2. The second-order valence-electron chi connectivity index (χ2n) is 6.26. The number of hydrogen-bond donors (Lipinski definition) is 2. The van der Waals surface area contributed by atoms with Gasteiger partial charge in [0.1, 0.15) is 5.82 Å². The summed E-state index contributed by atoms with van der Waals surface area (Å²) in [5.74, 6) is 0.843. The van der Waals surface area contributed by atoms with E-state index in [1.165, 1.54) is 0 Å². The smallest absolute Gasteiger partial charge is 0.308 e. The first-order chi connectivity index (χ1) is 12.6. The molecule has 0 aliphatic carbocycles. The van der Waals surface area contributed by atoms with Crippen LogP contribution in [0.25, 0.3) is 10.9 Å². The van der Waals surface area contributed by atoms with Crippen molar-refractivity contribution in [2.24, 2.45) is 0 Å². The summed E-state index contributed by atoms with van der Waals surface area (Å²) in [5, 5.41) is 6.58. The van der Waals surface area contributed by atoms with Crippen molar-refractivity contribution < 1.29 is 4.79 Å². The molecule has 0 saturated carbocycles. The number of fused-ring (bicyclic) bond motifs is 2. The average Bonchev–Trinajstić information content (AvgIpc) is 2.64. The van der Waals surface area contributed by atoms with Crippen molar-refractivity contribution in [1.29, 1.82) is 0 Å². The van der Waals surface area contributed by atoms with Gasteiger partial charge in [0.25, 0.3) is 5.56 Å². The van der Waals surface area contributed by atoms with Crippen molar-refractivity contribution in [3.8, 4) is 0 Å². The molecule has 1 aromatic heterocycles. The van der Waals surface area contributed by atoms with E-state index in [9.17, 15) is 9.59 Å². The van der Waals surface area contributed by atoms with Crippen LogP contribution in [0.1, 0.15) is 18.7 Å². The fourth-order valence-electron chi connectivity index (χ4n) is 3.15. The van der Waals surface area contributed by atoms with E-state index in [1.54, 1.807) is 47.0 Å². The number of benzene rings is 2. The summed E-state index contributed by atoms with van der Waals surface area (Å²) in [6.07, 6.45) is 2.87. The molecule has 2 heterocycles. The summed E-state index contributed by atoms with van der Waals surface area (Å²) < 4.78 is 1.74. The zero-order valence-electron chi connectivity index (χ0n) is 14.0. The number of nitrogens with one attached hydrogen (secondary N) is 2. The van der Waals surface area contributed by atoms with E-state index in [0.717, 1.165) is 25.1 Å². The van der Waals surface area contributed by atoms with E-state index < -0.39 is 6.03 Å². The minimum Gasteiger partial charge on any atom is -0.308 e. The van der Waals surface area contributed by atoms with Crippen molar-refractivity contribution in [2.75, 3.05) is 10.6 Å². The van der Waals surface area contributed by atoms with Gasteiger partial charge in [-0.1, -0.05) is 11.6 Å². The molecule has 0 unspecified atom stereocenters. The van der Waals surface area contributed by atoms with Gasteiger partial charge in [-0.3, -0.25) is 9.36 Å². The van der Waals surface area contributed by atoms with Gasteiger partial charge < -0.3 is 10.6 Å². The minimum absolute atomic E-state index is 0.0496. The van der Waals surface area contributed by atoms with Gasteiger partial charge >= 0.3 is 6.03 Å². The van der Waals surface area contributed by atoms with Gasteiger partial charge in [0, 0.05) is 29.4 Å². The van der Waals surface area contributed by atoms with Gasteiger partial charge in [0.15, 0.2) is 0 Å². The van der Waals surface area contributed by atoms with Gasteiger partial charge in [-0.25, -0.2) is 9.78 Å². The Balaban J connectivity index is 1.59. The van der Waals surface area contributed by atoms with E-state index in [2.05, 4.69) is 15.6 Å². The van der Waals surface area contributed by atoms with Crippen molar-refractivity contribution in [1.82, 2.24) is 9.55 Å². The van der Waals surface area contributed by atoms with Crippen LogP contribution in [0.2, 0.25) is 5.02 Å². The number of carbonyl (C=O) groups is 1. The lowest BCUT2D eigenvalue weighted by Crippen LogP contribution is -2.28. The van der Waals surface area contributed by atoms with Crippen LogP contribution in [0.15, 0.2) is 47.3 Å². The number of rotatable bonds is 2. The highest BCUT2D eigenvalue weighted by atomic mass is 35.5. The highest BCUT2D eigenvalue weighted by Crippen LogP contribution is 2.19. The molecule has 1 aliphatic heterocycles. The third-order valence-electron chi connectivity index (χ3n) is 4.43. The summed E-state index contributed by atoms with van der Waals surface area (Å²) in [6.45, 7) is 0.700. The predicted octanol–water partition coefficient (Wildman–Crippen LogP) is 4.03. The molecule has 132 valence electrons. The van der Waals surface area contributed by atoms with Crippen LogP contribution in [0.4, 0.5) is 16.2 Å². The molecule has 4 rings (SSSR count). The number of halogens is 1. The molecule has 2 amide bonds. The molecule has 1 aliphatic rings. The van der Waals surface area contributed by atoms with Crippen LogP contribution in [0, 0.1) is 0 Å². The number of anilines is 2. The molecule has 0 atom stereocenters. The first-order valence-corrected chi connectivity index (χ1v) is 8.85. The molecule has 2 N–H and O–H groups in total. The molecule has 0 radical (unpaired) electrons. The maximum Gasteiger partial charge on any atom is 0.323 e. The molecule has 7 heteroatoms. The maximum atomic E-state index is 12.7. The number of hydrogen-bond acceptors (Lipinski definition) is 3. The van der Waals surface area contributed by atoms with Crippen molar-refractivity contribution in [2.45, 2.75) is 25.8 Å². The Kier molecular flexibility index (Phi) is 4.34. The number of nitrogens with zero attached hydrogens (tertiary/aromatic N) is 2. The molecule has 26 heavy (non-hydrogen) atoms. The average molecular weight is 369 g/mol. The van der Waals surface area contributed by atoms with Crippen LogP contribution >= 0.6 is 11.6 Å². The van der Waals surface area contributed by atoms with Crippen LogP contribution in [0.3, 0.4) is 0 Å². The normalized spacial score (nSPS) is 13.3. The lowest BCUT2D eigenvalue weighted by atomic mass is 10.1. The van der Waals surface area contributed by atoms with Gasteiger partial charge in [0.2, 0.25) is 0 Å². The fourth-order valence-corrected chi connectivity index (χ4v) is 3.27. The second kappa shape index (κ2) is 6.80. The molecule has 2 aromatic carbocycles. The first-order valence-electron chi connectivity index (χ1n) is 8.47. The Hall–Kier alpha value is -2.86. The predicted molar refractivity (Wildman–Crippen MR) is 103 cm³/mol. The molecule has 0 saturated heterocycles. The number of carbonyl (C=O) groups excluding carboxylic acids is 1. The number of aromatic nitrogens is 2. The molecule has 3 aromatic rings. The lowest BCUT2D eigenvalue weighted by Gasteiger charge is -2.18. The van der Waals surface area contributed by atoms with Crippen LogP contribution < -0.4 is 16.2 Å². The molecule has 0 spiro atoms. The standard InChI is InChI=1S/C19H17ClN4O2/c20-12-4-6-13(7-5-12)21-19(26)22-14-8-9-16-15(11-14)18(25)24-10-2-1-3-17(24)23-16/h4-9,11H,1-3,10H2,(H2,21,22,26). The third kappa shape index (κ3) is 3.28. The Bertz CT molecular complexity index is 1040. The topological polar surface area (TPSA) is 76.0 Å². The van der Waals surface area contributed by atoms with Crippen molar-refractivity contribution in [3.63, 3.8) is 0 Å². The second-order valence-corrected chi connectivity index (χ2v) is 6.70. The van der Waals surface area contributed by atoms with Crippen molar-refractivity contribution in [3.05, 3.63) is 63.7 Å². The zero-order chi connectivity index (χ0) is 18.1.